The summed E-state index contributed by atoms with van der Waals surface area (Å²) in [7, 11) is 0. The molecule has 0 bridgehead atoms. The lowest BCUT2D eigenvalue weighted by Gasteiger charge is -2.21. The Morgan fingerprint density at radius 1 is 1.55 bits per heavy atom. The van der Waals surface area contributed by atoms with Crippen molar-refractivity contribution in [2.75, 3.05) is 0 Å². The van der Waals surface area contributed by atoms with Crippen LogP contribution < -0.4 is 0 Å². The molecule has 0 spiro atoms. The van der Waals surface area contributed by atoms with Crippen molar-refractivity contribution in [2.24, 2.45) is 11.1 Å². The average Bonchev–Trinajstić information content (AvgIpc) is 2.06. The lowest BCUT2D eigenvalue weighted by molar-refractivity contribution is 0.307. The van der Waals surface area contributed by atoms with E-state index in [-0.39, 0.29) is 0 Å². The summed E-state index contributed by atoms with van der Waals surface area (Å²) >= 11 is 0. The van der Waals surface area contributed by atoms with Crippen LogP contribution in [0.1, 0.15) is 45.4 Å². The molecule has 1 aliphatic rings. The normalized spacial score (nSPS) is 29.2. The van der Waals surface area contributed by atoms with Crippen LogP contribution in [0, 0.1) is 5.92 Å². The fourth-order valence-electron chi connectivity index (χ4n) is 1.86. The van der Waals surface area contributed by atoms with Crippen molar-refractivity contribution in [3.8, 4) is 0 Å². The van der Waals surface area contributed by atoms with E-state index < -0.39 is 0 Å². The van der Waals surface area contributed by atoms with Crippen molar-refractivity contribution in [2.45, 2.75) is 45.4 Å². The molecule has 0 saturated heterocycles. The Bertz CT molecular complexity index is 140. The van der Waals surface area contributed by atoms with E-state index >= 15 is 0 Å². The van der Waals surface area contributed by atoms with Gasteiger partial charge in [0.2, 0.25) is 0 Å². The molecule has 2 nitrogen and oxygen atoms in total. The Kier molecular flexibility index (Phi) is 3.40. The average molecular weight is 155 g/mol. The van der Waals surface area contributed by atoms with E-state index in [2.05, 4.69) is 12.1 Å². The first-order valence-electron chi connectivity index (χ1n) is 4.59. The summed E-state index contributed by atoms with van der Waals surface area (Å²) in [5.41, 5.74) is 1.04. The fraction of sp³-hybridized carbons (Fsp3) is 0.889. The van der Waals surface area contributed by atoms with Crippen molar-refractivity contribution in [1.82, 2.24) is 0 Å². The van der Waals surface area contributed by atoms with Gasteiger partial charge in [-0.15, -0.1) is 0 Å². The number of hydrogen-bond donors (Lipinski definition) is 1. The Labute approximate surface area is 68.3 Å². The first kappa shape index (κ1) is 8.57. The largest absolute Gasteiger partial charge is 0.411 e. The lowest BCUT2D eigenvalue weighted by atomic mass is 9.84. The van der Waals surface area contributed by atoms with Crippen LogP contribution in [-0.2, 0) is 0 Å². The highest BCUT2D eigenvalue weighted by molar-refractivity contribution is 5.86. The van der Waals surface area contributed by atoms with Crippen LogP contribution in [0.15, 0.2) is 5.16 Å². The molecule has 1 unspecified atom stereocenters. The van der Waals surface area contributed by atoms with Gasteiger partial charge < -0.3 is 5.21 Å². The summed E-state index contributed by atoms with van der Waals surface area (Å²) in [5, 5.41) is 12.0. The molecule has 0 aromatic carbocycles. The van der Waals surface area contributed by atoms with Gasteiger partial charge in [0.15, 0.2) is 0 Å². The van der Waals surface area contributed by atoms with E-state index in [4.69, 9.17) is 5.21 Å². The minimum atomic E-state index is 0.582. The SMILES string of the molecule is CCCC1CCCC/C1=N\O. The second-order valence-electron chi connectivity index (χ2n) is 3.32. The van der Waals surface area contributed by atoms with Gasteiger partial charge in [-0.2, -0.15) is 0 Å². The molecule has 0 aliphatic heterocycles. The smallest absolute Gasteiger partial charge is 0.0601 e. The minimum absolute atomic E-state index is 0.582. The lowest BCUT2D eigenvalue weighted by Crippen LogP contribution is -2.18. The van der Waals surface area contributed by atoms with Gasteiger partial charge in [-0.05, 0) is 25.7 Å². The van der Waals surface area contributed by atoms with Gasteiger partial charge in [0.25, 0.3) is 0 Å². The molecule has 2 heteroatoms. The van der Waals surface area contributed by atoms with Gasteiger partial charge in [-0.1, -0.05) is 24.9 Å². The van der Waals surface area contributed by atoms with Crippen LogP contribution in [0.5, 0.6) is 0 Å². The molecule has 0 aromatic rings. The van der Waals surface area contributed by atoms with E-state index in [0.29, 0.717) is 5.92 Å². The van der Waals surface area contributed by atoms with Gasteiger partial charge in [-0.3, -0.25) is 0 Å². The first-order valence-corrected chi connectivity index (χ1v) is 4.59. The molecule has 64 valence electrons. The zero-order chi connectivity index (χ0) is 8.10. The van der Waals surface area contributed by atoms with Crippen LogP contribution >= 0.6 is 0 Å². The molecule has 1 atom stereocenters. The van der Waals surface area contributed by atoms with Crippen molar-refractivity contribution in [3.05, 3.63) is 0 Å². The van der Waals surface area contributed by atoms with Gasteiger partial charge in [0, 0.05) is 5.92 Å². The highest BCUT2D eigenvalue weighted by Crippen LogP contribution is 2.25. The van der Waals surface area contributed by atoms with Crippen LogP contribution in [0.2, 0.25) is 0 Å². The van der Waals surface area contributed by atoms with E-state index in [1.807, 2.05) is 0 Å². The number of rotatable bonds is 2. The van der Waals surface area contributed by atoms with Crippen molar-refractivity contribution in [3.63, 3.8) is 0 Å². The monoisotopic (exact) mass is 155 g/mol. The number of hydrogen-bond acceptors (Lipinski definition) is 2. The fourth-order valence-corrected chi connectivity index (χ4v) is 1.86. The molecule has 11 heavy (non-hydrogen) atoms. The van der Waals surface area contributed by atoms with Crippen LogP contribution in [0.4, 0.5) is 0 Å². The molecular formula is C9H17NO. The van der Waals surface area contributed by atoms with E-state index in [0.717, 1.165) is 12.1 Å². The summed E-state index contributed by atoms with van der Waals surface area (Å²) in [6.45, 7) is 2.18. The van der Waals surface area contributed by atoms with E-state index in [9.17, 15) is 0 Å². The predicted octanol–water partition coefficient (Wildman–Crippen LogP) is 2.81. The van der Waals surface area contributed by atoms with Gasteiger partial charge in [0.1, 0.15) is 0 Å². The first-order chi connectivity index (χ1) is 5.38. The molecule has 1 N–H and O–H groups in total. The van der Waals surface area contributed by atoms with Crippen LogP contribution in [0.25, 0.3) is 0 Å². The maximum Gasteiger partial charge on any atom is 0.0601 e. The number of nitrogens with zero attached hydrogens (tertiary/aromatic N) is 1. The Hall–Kier alpha value is -0.530. The molecule has 0 heterocycles. The van der Waals surface area contributed by atoms with Crippen molar-refractivity contribution in [1.29, 1.82) is 0 Å². The Morgan fingerprint density at radius 3 is 3.00 bits per heavy atom. The maximum absolute atomic E-state index is 8.68. The Morgan fingerprint density at radius 2 is 2.36 bits per heavy atom. The summed E-state index contributed by atoms with van der Waals surface area (Å²) in [5.74, 6) is 0.582. The highest BCUT2D eigenvalue weighted by atomic mass is 16.4. The quantitative estimate of drug-likeness (QED) is 0.482. The molecule has 1 saturated carbocycles. The third-order valence-electron chi connectivity index (χ3n) is 2.47. The summed E-state index contributed by atoms with van der Waals surface area (Å²) in [6, 6.07) is 0. The second-order valence-corrected chi connectivity index (χ2v) is 3.32. The van der Waals surface area contributed by atoms with Crippen molar-refractivity contribution >= 4 is 5.71 Å². The molecule has 1 rings (SSSR count). The molecule has 0 amide bonds. The predicted molar refractivity (Wildman–Crippen MR) is 46.1 cm³/mol. The molecule has 1 fully saturated rings. The number of oxime groups is 1. The highest BCUT2D eigenvalue weighted by Gasteiger charge is 2.19. The third kappa shape index (κ3) is 2.21. The molecule has 0 aromatic heterocycles. The summed E-state index contributed by atoms with van der Waals surface area (Å²) < 4.78 is 0. The van der Waals surface area contributed by atoms with Gasteiger partial charge >= 0.3 is 0 Å². The van der Waals surface area contributed by atoms with Crippen molar-refractivity contribution < 1.29 is 5.21 Å². The maximum atomic E-state index is 8.68. The third-order valence-corrected chi connectivity index (χ3v) is 2.47. The molecule has 1 aliphatic carbocycles. The second kappa shape index (κ2) is 4.37. The Balaban J connectivity index is 2.45. The summed E-state index contributed by atoms with van der Waals surface area (Å²) in [6.07, 6.45) is 7.15. The van der Waals surface area contributed by atoms with Gasteiger partial charge in [0.05, 0.1) is 5.71 Å². The van der Waals surface area contributed by atoms with E-state index in [1.54, 1.807) is 0 Å². The van der Waals surface area contributed by atoms with Crippen LogP contribution in [-0.4, -0.2) is 10.9 Å². The summed E-state index contributed by atoms with van der Waals surface area (Å²) in [4.78, 5) is 0. The van der Waals surface area contributed by atoms with Crippen LogP contribution in [0.3, 0.4) is 0 Å². The molecule has 0 radical (unpaired) electrons. The minimum Gasteiger partial charge on any atom is -0.411 e. The standard InChI is InChI=1S/C9H17NO/c1-2-5-8-6-3-4-7-9(8)10-11/h8,11H,2-7H2,1H3/b10-9+. The molecular weight excluding hydrogens is 138 g/mol. The van der Waals surface area contributed by atoms with E-state index in [1.165, 1.54) is 32.1 Å². The zero-order valence-corrected chi connectivity index (χ0v) is 7.21. The topological polar surface area (TPSA) is 32.6 Å². The zero-order valence-electron chi connectivity index (χ0n) is 7.21. The van der Waals surface area contributed by atoms with Gasteiger partial charge in [-0.25, -0.2) is 0 Å².